The minimum Gasteiger partial charge on any atom is -0.323 e. The number of carbonyl (C=O) groups is 3. The first kappa shape index (κ1) is 25.2. The molecule has 1 aliphatic rings. The molecule has 0 bridgehead atoms. The fourth-order valence-corrected chi connectivity index (χ4v) is 4.65. The molecule has 3 aromatic carbocycles. The van der Waals surface area contributed by atoms with E-state index in [1.54, 1.807) is 71.8 Å². The number of rotatable bonds is 6. The van der Waals surface area contributed by atoms with Crippen LogP contribution in [0.1, 0.15) is 37.4 Å². The van der Waals surface area contributed by atoms with Gasteiger partial charge in [-0.1, -0.05) is 54.1 Å². The Labute approximate surface area is 225 Å². The summed E-state index contributed by atoms with van der Waals surface area (Å²) < 4.78 is 0. The first-order valence-electron chi connectivity index (χ1n) is 12.2. The second-order valence-electron chi connectivity index (χ2n) is 9.12. The fourth-order valence-electron chi connectivity index (χ4n) is 4.48. The van der Waals surface area contributed by atoms with Crippen LogP contribution in [0.25, 0.3) is 0 Å². The van der Waals surface area contributed by atoms with Crippen LogP contribution >= 0.6 is 11.6 Å². The van der Waals surface area contributed by atoms with Crippen molar-refractivity contribution in [3.05, 3.63) is 124 Å². The van der Waals surface area contributed by atoms with Gasteiger partial charge in [0.15, 0.2) is 0 Å². The van der Waals surface area contributed by atoms with Gasteiger partial charge in [-0.25, -0.2) is 4.98 Å². The first-order valence-corrected chi connectivity index (χ1v) is 12.5. The van der Waals surface area contributed by atoms with Gasteiger partial charge in [0.25, 0.3) is 11.8 Å². The Morgan fingerprint density at radius 1 is 1.00 bits per heavy atom. The molecule has 0 saturated heterocycles. The predicted octanol–water partition coefficient (Wildman–Crippen LogP) is 5.50. The average Bonchev–Trinajstić information content (AvgIpc) is 3.00. The molecule has 0 radical (unpaired) electrons. The summed E-state index contributed by atoms with van der Waals surface area (Å²) in [6, 6.07) is 24.2. The Morgan fingerprint density at radius 2 is 1.76 bits per heavy atom. The maximum absolute atomic E-state index is 13.8. The largest absolute Gasteiger partial charge is 0.323 e. The van der Waals surface area contributed by atoms with Crippen molar-refractivity contribution >= 4 is 40.8 Å². The smallest absolute Gasteiger partial charge is 0.256 e. The summed E-state index contributed by atoms with van der Waals surface area (Å²) >= 11 is 6.16. The van der Waals surface area contributed by atoms with E-state index in [1.165, 1.54) is 0 Å². The number of pyridine rings is 1. The van der Waals surface area contributed by atoms with Gasteiger partial charge in [-0.15, -0.1) is 0 Å². The number of aromatic nitrogens is 1. The van der Waals surface area contributed by atoms with Crippen LogP contribution in [-0.2, 0) is 17.8 Å². The number of fused-ring (bicyclic) bond motifs is 1. The lowest BCUT2D eigenvalue weighted by atomic mass is 9.99. The Balaban J connectivity index is 1.43. The van der Waals surface area contributed by atoms with E-state index in [1.807, 2.05) is 31.2 Å². The third-order valence-corrected chi connectivity index (χ3v) is 6.79. The van der Waals surface area contributed by atoms with Crippen LogP contribution in [0, 0.1) is 6.92 Å². The molecule has 0 aliphatic carbocycles. The molecule has 3 amide bonds. The number of hydrogen-bond acceptors (Lipinski definition) is 4. The van der Waals surface area contributed by atoms with E-state index in [9.17, 15) is 14.4 Å². The van der Waals surface area contributed by atoms with Crippen LogP contribution in [0.15, 0.2) is 91.1 Å². The van der Waals surface area contributed by atoms with Crippen LogP contribution < -0.4 is 10.6 Å². The molecule has 190 valence electrons. The van der Waals surface area contributed by atoms with E-state index in [2.05, 4.69) is 15.6 Å². The molecule has 7 nitrogen and oxygen atoms in total. The molecular formula is C30H25ClN4O3. The highest BCUT2D eigenvalue weighted by atomic mass is 35.5. The molecule has 5 rings (SSSR count). The number of halogens is 1. The number of hydrogen-bond donors (Lipinski definition) is 2. The Bertz CT molecular complexity index is 1510. The number of carbonyl (C=O) groups excluding carboxylic acids is 3. The van der Waals surface area contributed by atoms with Gasteiger partial charge in [0.2, 0.25) is 5.91 Å². The third kappa shape index (κ3) is 5.43. The van der Waals surface area contributed by atoms with Crippen molar-refractivity contribution in [3.63, 3.8) is 0 Å². The van der Waals surface area contributed by atoms with Gasteiger partial charge in [0.05, 0.1) is 11.3 Å². The van der Waals surface area contributed by atoms with Crippen LogP contribution in [-0.4, -0.2) is 33.6 Å². The lowest BCUT2D eigenvalue weighted by Gasteiger charge is -2.29. The van der Waals surface area contributed by atoms with E-state index in [0.29, 0.717) is 34.1 Å². The summed E-state index contributed by atoms with van der Waals surface area (Å²) in [6.45, 7) is 2.17. The maximum Gasteiger partial charge on any atom is 0.256 e. The van der Waals surface area contributed by atoms with E-state index >= 15 is 0 Å². The molecule has 2 heterocycles. The SMILES string of the molecule is Cc1ccccc1C[C@@H]1C(=O)Nc2cc(Cl)ccc2C(=O)N1Cc1ccc(C(=O)Nc2ccccn2)cc1. The maximum atomic E-state index is 13.8. The van der Waals surface area contributed by atoms with Crippen LogP contribution in [0.2, 0.25) is 5.02 Å². The Kier molecular flexibility index (Phi) is 7.20. The lowest BCUT2D eigenvalue weighted by molar-refractivity contribution is -0.120. The van der Waals surface area contributed by atoms with Crippen molar-refractivity contribution in [2.75, 3.05) is 10.6 Å². The highest BCUT2D eigenvalue weighted by Gasteiger charge is 2.35. The molecule has 2 N–H and O–H groups in total. The summed E-state index contributed by atoms with van der Waals surface area (Å²) in [5.74, 6) is -0.385. The summed E-state index contributed by atoms with van der Waals surface area (Å²) in [7, 11) is 0. The summed E-state index contributed by atoms with van der Waals surface area (Å²) in [5.41, 5.74) is 4.04. The monoisotopic (exact) mass is 524 g/mol. The molecular weight excluding hydrogens is 500 g/mol. The zero-order chi connectivity index (χ0) is 26.6. The van der Waals surface area contributed by atoms with Crippen LogP contribution in [0.3, 0.4) is 0 Å². The van der Waals surface area contributed by atoms with E-state index in [4.69, 9.17) is 11.6 Å². The van der Waals surface area contributed by atoms with Crippen molar-refractivity contribution in [2.24, 2.45) is 0 Å². The topological polar surface area (TPSA) is 91.4 Å². The number of amides is 3. The average molecular weight is 525 g/mol. The van der Waals surface area contributed by atoms with Crippen LogP contribution in [0.5, 0.6) is 0 Å². The highest BCUT2D eigenvalue weighted by molar-refractivity contribution is 6.31. The Morgan fingerprint density at radius 3 is 2.50 bits per heavy atom. The van der Waals surface area contributed by atoms with Crippen molar-refractivity contribution in [1.82, 2.24) is 9.88 Å². The molecule has 0 spiro atoms. The third-order valence-electron chi connectivity index (χ3n) is 6.56. The van der Waals surface area contributed by atoms with Crippen molar-refractivity contribution < 1.29 is 14.4 Å². The molecule has 1 aromatic heterocycles. The minimum absolute atomic E-state index is 0.188. The predicted molar refractivity (Wildman–Crippen MR) is 147 cm³/mol. The minimum atomic E-state index is -0.748. The quantitative estimate of drug-likeness (QED) is 0.348. The zero-order valence-corrected chi connectivity index (χ0v) is 21.4. The van der Waals surface area contributed by atoms with Crippen molar-refractivity contribution in [1.29, 1.82) is 0 Å². The molecule has 8 heteroatoms. The van der Waals surface area contributed by atoms with Gasteiger partial charge in [-0.05, 0) is 66.1 Å². The van der Waals surface area contributed by atoms with E-state index < -0.39 is 6.04 Å². The van der Waals surface area contributed by atoms with Gasteiger partial charge < -0.3 is 15.5 Å². The molecule has 4 aromatic rings. The van der Waals surface area contributed by atoms with E-state index in [0.717, 1.165) is 16.7 Å². The highest BCUT2D eigenvalue weighted by Crippen LogP contribution is 2.29. The zero-order valence-electron chi connectivity index (χ0n) is 20.6. The van der Waals surface area contributed by atoms with Gasteiger partial charge in [-0.2, -0.15) is 0 Å². The van der Waals surface area contributed by atoms with E-state index in [-0.39, 0.29) is 24.3 Å². The van der Waals surface area contributed by atoms with Gasteiger partial charge >= 0.3 is 0 Å². The first-order chi connectivity index (χ1) is 18.4. The standard InChI is InChI=1S/C30H25ClN4O3/c1-19-6-2-3-7-22(19)16-26-29(37)33-25-17-23(31)13-14-24(25)30(38)35(26)18-20-9-11-21(12-10-20)28(36)34-27-8-4-5-15-32-27/h2-15,17,26H,16,18H2,1H3,(H,33,37)(H,32,34,36)/t26-/m1/s1. The summed E-state index contributed by atoms with van der Waals surface area (Å²) in [5, 5.41) is 6.09. The molecule has 0 unspecified atom stereocenters. The summed E-state index contributed by atoms with van der Waals surface area (Å²) in [6.07, 6.45) is 1.96. The number of aryl methyl sites for hydroxylation is 1. The van der Waals surface area contributed by atoms with Gasteiger partial charge in [0.1, 0.15) is 11.9 Å². The van der Waals surface area contributed by atoms with Gasteiger partial charge in [0, 0.05) is 29.7 Å². The van der Waals surface area contributed by atoms with Gasteiger partial charge in [-0.3, -0.25) is 14.4 Å². The summed E-state index contributed by atoms with van der Waals surface area (Å²) in [4.78, 5) is 45.6. The lowest BCUT2D eigenvalue weighted by Crippen LogP contribution is -2.46. The van der Waals surface area contributed by atoms with Crippen LogP contribution in [0.4, 0.5) is 11.5 Å². The molecule has 0 saturated carbocycles. The number of nitrogens with one attached hydrogen (secondary N) is 2. The fraction of sp³-hybridized carbons (Fsp3) is 0.133. The molecule has 1 aliphatic heterocycles. The van der Waals surface area contributed by atoms with Crippen molar-refractivity contribution in [2.45, 2.75) is 25.9 Å². The Hall–Kier alpha value is -4.49. The molecule has 1 atom stereocenters. The molecule has 0 fully saturated rings. The second-order valence-corrected chi connectivity index (χ2v) is 9.56. The normalized spacial score (nSPS) is 14.9. The second kappa shape index (κ2) is 10.9. The number of anilines is 2. The number of benzene rings is 3. The molecule has 38 heavy (non-hydrogen) atoms. The number of nitrogens with zero attached hydrogens (tertiary/aromatic N) is 2. The van der Waals surface area contributed by atoms with Crippen molar-refractivity contribution in [3.8, 4) is 0 Å².